The molecular weight excluding hydrogens is 266 g/mol. The largest absolute Gasteiger partial charge is 0.481 e. The first kappa shape index (κ1) is 15.5. The molecule has 1 aromatic heterocycles. The fourth-order valence-electron chi connectivity index (χ4n) is 1.53. The summed E-state index contributed by atoms with van der Waals surface area (Å²) < 4.78 is 5.13. The maximum atomic E-state index is 11.7. The van der Waals surface area contributed by atoms with Crippen LogP contribution in [-0.2, 0) is 16.0 Å². The first-order valence-corrected chi connectivity index (χ1v) is 6.88. The highest BCUT2D eigenvalue weighted by Gasteiger charge is 2.21. The van der Waals surface area contributed by atoms with Gasteiger partial charge in [0, 0.05) is 17.3 Å². The molecule has 2 N–H and O–H groups in total. The first-order chi connectivity index (χ1) is 8.76. The Labute approximate surface area is 116 Å². The third-order valence-electron chi connectivity index (χ3n) is 2.17. The van der Waals surface area contributed by atoms with E-state index < -0.39 is 23.7 Å². The van der Waals surface area contributed by atoms with Crippen LogP contribution >= 0.6 is 11.3 Å². The average Bonchev–Trinajstić information content (AvgIpc) is 2.65. The van der Waals surface area contributed by atoms with Crippen LogP contribution in [0.2, 0.25) is 0 Å². The molecule has 0 fully saturated rings. The summed E-state index contributed by atoms with van der Waals surface area (Å²) in [6.45, 7) is 5.29. The summed E-state index contributed by atoms with van der Waals surface area (Å²) in [6.07, 6.45) is -0.226. The number of hydrogen-bond donors (Lipinski definition) is 2. The van der Waals surface area contributed by atoms with E-state index in [4.69, 9.17) is 9.84 Å². The molecule has 0 saturated carbocycles. The molecule has 0 radical (unpaired) electrons. The molecule has 1 rings (SSSR count). The SMILES string of the molecule is CC(C)(C)OC(=O)N[C@H](CC(=O)O)Cc1cccs1. The molecule has 1 aromatic rings. The van der Waals surface area contributed by atoms with Crippen molar-refractivity contribution in [3.63, 3.8) is 0 Å². The molecule has 106 valence electrons. The van der Waals surface area contributed by atoms with Gasteiger partial charge >= 0.3 is 12.1 Å². The maximum absolute atomic E-state index is 11.7. The summed E-state index contributed by atoms with van der Waals surface area (Å²) in [4.78, 5) is 23.5. The van der Waals surface area contributed by atoms with Crippen LogP contribution in [0, 0.1) is 0 Å². The number of carboxylic acids is 1. The van der Waals surface area contributed by atoms with Crippen molar-refractivity contribution in [3.8, 4) is 0 Å². The van der Waals surface area contributed by atoms with E-state index in [1.165, 1.54) is 11.3 Å². The molecule has 0 bridgehead atoms. The van der Waals surface area contributed by atoms with E-state index in [-0.39, 0.29) is 6.42 Å². The van der Waals surface area contributed by atoms with Gasteiger partial charge in [0.05, 0.1) is 6.42 Å². The third-order valence-corrected chi connectivity index (χ3v) is 3.07. The molecule has 6 heteroatoms. The molecule has 0 aliphatic heterocycles. The highest BCUT2D eigenvalue weighted by atomic mass is 32.1. The molecule has 0 aliphatic rings. The van der Waals surface area contributed by atoms with E-state index in [9.17, 15) is 9.59 Å². The van der Waals surface area contributed by atoms with Gasteiger partial charge in [-0.2, -0.15) is 0 Å². The van der Waals surface area contributed by atoms with Crippen molar-refractivity contribution in [2.45, 2.75) is 45.3 Å². The highest BCUT2D eigenvalue weighted by Crippen LogP contribution is 2.14. The Balaban J connectivity index is 2.59. The standard InChI is InChI=1S/C13H19NO4S/c1-13(2,3)18-12(17)14-9(8-11(15)16)7-10-5-4-6-19-10/h4-6,9H,7-8H2,1-3H3,(H,14,17)(H,15,16)/t9-/m0/s1. The topological polar surface area (TPSA) is 75.6 Å². The van der Waals surface area contributed by atoms with E-state index in [0.29, 0.717) is 6.42 Å². The van der Waals surface area contributed by atoms with Crippen molar-refractivity contribution in [2.75, 3.05) is 0 Å². The van der Waals surface area contributed by atoms with E-state index in [0.717, 1.165) is 4.88 Å². The summed E-state index contributed by atoms with van der Waals surface area (Å²) in [5.41, 5.74) is -0.596. The lowest BCUT2D eigenvalue weighted by Gasteiger charge is -2.22. The van der Waals surface area contributed by atoms with Crippen molar-refractivity contribution in [1.29, 1.82) is 0 Å². The lowest BCUT2D eigenvalue weighted by Crippen LogP contribution is -2.41. The van der Waals surface area contributed by atoms with Crippen molar-refractivity contribution < 1.29 is 19.4 Å². The first-order valence-electron chi connectivity index (χ1n) is 6.00. The summed E-state index contributed by atoms with van der Waals surface area (Å²) in [7, 11) is 0. The zero-order valence-electron chi connectivity index (χ0n) is 11.3. The van der Waals surface area contributed by atoms with Gasteiger partial charge in [0.15, 0.2) is 0 Å². The second kappa shape index (κ2) is 6.56. The van der Waals surface area contributed by atoms with Crippen LogP contribution in [0.4, 0.5) is 4.79 Å². The van der Waals surface area contributed by atoms with Crippen molar-refractivity contribution in [1.82, 2.24) is 5.32 Å². The minimum absolute atomic E-state index is 0.128. The Bertz CT molecular complexity index is 422. The van der Waals surface area contributed by atoms with Crippen LogP contribution in [0.25, 0.3) is 0 Å². The number of amides is 1. The van der Waals surface area contributed by atoms with E-state index in [1.54, 1.807) is 20.8 Å². The number of nitrogens with one attached hydrogen (secondary N) is 1. The van der Waals surface area contributed by atoms with Crippen LogP contribution in [0.5, 0.6) is 0 Å². The molecule has 0 saturated heterocycles. The maximum Gasteiger partial charge on any atom is 0.407 e. The summed E-state index contributed by atoms with van der Waals surface area (Å²) in [5, 5.41) is 13.4. The molecule has 1 atom stereocenters. The van der Waals surface area contributed by atoms with E-state index >= 15 is 0 Å². The molecule has 1 amide bonds. The highest BCUT2D eigenvalue weighted by molar-refractivity contribution is 7.09. The monoisotopic (exact) mass is 285 g/mol. The van der Waals surface area contributed by atoms with Gasteiger partial charge in [0.1, 0.15) is 5.60 Å². The van der Waals surface area contributed by atoms with E-state index in [1.807, 2.05) is 17.5 Å². The fourth-order valence-corrected chi connectivity index (χ4v) is 2.32. The number of carbonyl (C=O) groups is 2. The second-order valence-electron chi connectivity index (χ2n) is 5.22. The van der Waals surface area contributed by atoms with Crippen LogP contribution in [0.1, 0.15) is 32.1 Å². The minimum atomic E-state index is -0.947. The van der Waals surface area contributed by atoms with Crippen molar-refractivity contribution in [2.24, 2.45) is 0 Å². The number of hydrogen-bond acceptors (Lipinski definition) is 4. The summed E-state index contributed by atoms with van der Waals surface area (Å²) >= 11 is 1.53. The Kier molecular flexibility index (Phi) is 5.35. The van der Waals surface area contributed by atoms with Gasteiger partial charge in [-0.05, 0) is 32.2 Å². The molecule has 19 heavy (non-hydrogen) atoms. The van der Waals surface area contributed by atoms with Gasteiger partial charge in [0.2, 0.25) is 0 Å². The van der Waals surface area contributed by atoms with Gasteiger partial charge in [0.25, 0.3) is 0 Å². The van der Waals surface area contributed by atoms with E-state index in [2.05, 4.69) is 5.32 Å². The number of aliphatic carboxylic acids is 1. The number of carbonyl (C=O) groups excluding carboxylic acids is 1. The van der Waals surface area contributed by atoms with Crippen LogP contribution in [0.3, 0.4) is 0 Å². The Hall–Kier alpha value is -1.56. The molecule has 0 unspecified atom stereocenters. The number of carboxylic acid groups (broad SMARTS) is 1. The number of ether oxygens (including phenoxy) is 1. The van der Waals surface area contributed by atoms with Crippen LogP contribution < -0.4 is 5.32 Å². The Morgan fingerprint density at radius 1 is 1.47 bits per heavy atom. The normalized spacial score (nSPS) is 12.8. The lowest BCUT2D eigenvalue weighted by atomic mass is 10.1. The quantitative estimate of drug-likeness (QED) is 0.872. The Morgan fingerprint density at radius 2 is 2.16 bits per heavy atom. The fraction of sp³-hybridized carbons (Fsp3) is 0.538. The van der Waals surface area contributed by atoms with Crippen molar-refractivity contribution in [3.05, 3.63) is 22.4 Å². The molecule has 0 spiro atoms. The predicted molar refractivity (Wildman–Crippen MR) is 73.4 cm³/mol. The van der Waals surface area contributed by atoms with Gasteiger partial charge in [-0.15, -0.1) is 11.3 Å². The van der Waals surface area contributed by atoms with Gasteiger partial charge in [-0.1, -0.05) is 6.07 Å². The van der Waals surface area contributed by atoms with Gasteiger partial charge in [-0.3, -0.25) is 4.79 Å². The van der Waals surface area contributed by atoms with Crippen LogP contribution in [-0.4, -0.2) is 28.8 Å². The predicted octanol–water partition coefficient (Wildman–Crippen LogP) is 2.66. The van der Waals surface area contributed by atoms with Gasteiger partial charge < -0.3 is 15.2 Å². The molecule has 0 aromatic carbocycles. The molecule has 0 aliphatic carbocycles. The zero-order valence-corrected chi connectivity index (χ0v) is 12.1. The smallest absolute Gasteiger partial charge is 0.407 e. The van der Waals surface area contributed by atoms with Crippen LogP contribution in [0.15, 0.2) is 17.5 Å². The molecular formula is C13H19NO4S. The Morgan fingerprint density at radius 3 is 2.63 bits per heavy atom. The third kappa shape index (κ3) is 6.81. The molecule has 1 heterocycles. The number of rotatable bonds is 5. The zero-order chi connectivity index (χ0) is 14.5. The number of thiophene rings is 1. The van der Waals surface area contributed by atoms with Crippen molar-refractivity contribution >= 4 is 23.4 Å². The second-order valence-corrected chi connectivity index (χ2v) is 6.26. The number of alkyl carbamates (subject to hydrolysis) is 1. The summed E-state index contributed by atoms with van der Waals surface area (Å²) in [5.74, 6) is -0.947. The lowest BCUT2D eigenvalue weighted by molar-refractivity contribution is -0.137. The average molecular weight is 285 g/mol. The summed E-state index contributed by atoms with van der Waals surface area (Å²) in [6, 6.07) is 3.34. The molecule has 5 nitrogen and oxygen atoms in total. The minimum Gasteiger partial charge on any atom is -0.481 e. The van der Waals surface area contributed by atoms with Gasteiger partial charge in [-0.25, -0.2) is 4.79 Å².